The Labute approximate surface area is 523 Å². The van der Waals surface area contributed by atoms with Crippen LogP contribution in [0.15, 0.2) is 67.8 Å². The average molecular weight is 1270 g/mol. The highest BCUT2D eigenvalue weighted by atomic mass is 31.2. The van der Waals surface area contributed by atoms with Crippen LogP contribution in [0, 0.1) is 59.2 Å². The summed E-state index contributed by atoms with van der Waals surface area (Å²) in [6.45, 7) is 19.3. The van der Waals surface area contributed by atoms with E-state index in [4.69, 9.17) is 63.2 Å². The number of aryl methyl sites for hydroxylation is 2. The van der Waals surface area contributed by atoms with Gasteiger partial charge in [0.1, 0.15) is 18.3 Å². The van der Waals surface area contributed by atoms with E-state index in [-0.39, 0.29) is 77.2 Å². The number of benzene rings is 1. The minimum absolute atomic E-state index is 0.0114. The van der Waals surface area contributed by atoms with Gasteiger partial charge >= 0.3 is 7.82 Å². The van der Waals surface area contributed by atoms with E-state index in [1.807, 2.05) is 87.4 Å². The number of amides is 7. The molecule has 7 heterocycles. The second-order valence-corrected chi connectivity index (χ2v) is 28.4. The number of aliphatic hydroxyl groups excluding tert-OH is 2. The molecule has 8 rings (SSSR count). The number of aliphatic hydroxyl groups is 2. The zero-order valence-corrected chi connectivity index (χ0v) is 54.1. The number of ether oxygens (including phenoxy) is 1. The number of hydrogen-bond acceptors (Lipinski definition) is 18. The van der Waals surface area contributed by atoms with Gasteiger partial charge in [-0.25, -0.2) is 9.55 Å². The van der Waals surface area contributed by atoms with Crippen molar-refractivity contribution in [1.82, 2.24) is 20.2 Å². The normalized spacial score (nSPS) is 32.8. The second kappa shape index (κ2) is 25.6. The van der Waals surface area contributed by atoms with Crippen molar-refractivity contribution in [2.45, 2.75) is 189 Å². The first kappa shape index (κ1) is 68.9. The highest BCUT2D eigenvalue weighted by molar-refractivity contribution is 7.47. The van der Waals surface area contributed by atoms with E-state index in [2.05, 4.69) is 15.6 Å². The van der Waals surface area contributed by atoms with Gasteiger partial charge in [0.15, 0.2) is 6.23 Å². The zero-order chi connectivity index (χ0) is 66.7. The van der Waals surface area contributed by atoms with E-state index in [9.17, 15) is 53.2 Å². The number of carbonyl (C=O) groups excluding carboxylic acids is 7. The fourth-order valence-corrected chi connectivity index (χ4v) is 16.6. The summed E-state index contributed by atoms with van der Waals surface area (Å²) in [4.78, 5) is 126. The zero-order valence-electron chi connectivity index (χ0n) is 53.3. The Morgan fingerprint density at radius 1 is 0.800 bits per heavy atom. The first-order chi connectivity index (χ1) is 41.8. The maximum Gasteiger partial charge on any atom is 0.472 e. The van der Waals surface area contributed by atoms with Crippen LogP contribution in [0.25, 0.3) is 11.0 Å². The van der Waals surface area contributed by atoms with Gasteiger partial charge in [-0.05, 0) is 108 Å². The number of nitrogens with zero attached hydrogens (tertiary/aromatic N) is 5. The number of nitrogens with one attached hydrogen (secondary N) is 2. The molecule has 7 amide bonds. The van der Waals surface area contributed by atoms with Gasteiger partial charge in [-0.2, -0.15) is 0 Å². The molecule has 0 spiro atoms. The molecule has 1 unspecified atom stereocenters. The smallest absolute Gasteiger partial charge is 0.394 e. The lowest BCUT2D eigenvalue weighted by Gasteiger charge is -2.48. The summed E-state index contributed by atoms with van der Waals surface area (Å²) in [7, 11) is -5.07. The molecule has 15 atom stereocenters. The molecule has 6 aliphatic heterocycles. The fourth-order valence-electron chi connectivity index (χ4n) is 15.4. The van der Waals surface area contributed by atoms with E-state index in [1.54, 1.807) is 4.57 Å². The topological polar surface area (TPSA) is 460 Å². The van der Waals surface area contributed by atoms with Gasteiger partial charge in [0.25, 0.3) is 0 Å². The maximum absolute atomic E-state index is 14.4. The predicted octanol–water partition coefficient (Wildman–Crippen LogP) is 3.16. The molecule has 0 saturated carbocycles. The van der Waals surface area contributed by atoms with Crippen molar-refractivity contribution in [2.75, 3.05) is 13.2 Å². The van der Waals surface area contributed by atoms with Crippen molar-refractivity contribution in [1.29, 1.82) is 0 Å². The van der Waals surface area contributed by atoms with Gasteiger partial charge in [-0.1, -0.05) is 34.6 Å². The van der Waals surface area contributed by atoms with Crippen LogP contribution in [0.5, 0.6) is 0 Å². The van der Waals surface area contributed by atoms with Crippen molar-refractivity contribution >= 4 is 77.3 Å². The SMILES string of the molecule is CC1=C2N=C(C=C3N/C(=C(/C)C4=N[C@@](C)([C@@H]5N=C1[C@](C)(CCC(=O)NC[C@@H](C)OP(=O)(O)O[C@H]1[C@H](O)[C@@H](n6cnc7cc(C)c(C)cc76)O[C@@H]1CO)[C@H]5CC(N)=O)[C@@](C)(CC(N)=O)[C@H]4CCC(N)=O)[C@@](C)(CC(N)=O)[C@@H]3CCC(N)=O)C(C)(C)[C@@H]2CCC(N)=O. The third-order valence-electron chi connectivity index (χ3n) is 20.6. The Hall–Kier alpha value is -7.00. The predicted molar refractivity (Wildman–Crippen MR) is 334 cm³/mol. The number of phosphoric ester groups is 1. The van der Waals surface area contributed by atoms with Crippen molar-refractivity contribution in [2.24, 2.45) is 94.7 Å². The molecule has 2 aromatic rings. The summed E-state index contributed by atoms with van der Waals surface area (Å²) in [5.41, 5.74) is 37.4. The molecule has 2 fully saturated rings. The van der Waals surface area contributed by atoms with Crippen LogP contribution in [0.1, 0.15) is 150 Å². The molecule has 6 aliphatic rings. The van der Waals surface area contributed by atoms with Gasteiger partial charge in [0, 0.05) is 131 Å². The van der Waals surface area contributed by atoms with Crippen LogP contribution in [-0.4, -0.2) is 132 Å². The van der Waals surface area contributed by atoms with Crippen molar-refractivity contribution < 1.29 is 67.0 Å². The fraction of sp³-hybridized carbons (Fsp3) is 0.629. The Bertz CT molecular complexity index is 3540. The number of hydrogen-bond donors (Lipinski definition) is 11. The molecule has 492 valence electrons. The number of nitrogens with two attached hydrogens (primary N) is 6. The minimum atomic E-state index is -5.07. The number of carbonyl (C=O) groups is 7. The molecule has 28 heteroatoms. The average Bonchev–Trinajstić information content (AvgIpc) is 1.53. The van der Waals surface area contributed by atoms with Crippen LogP contribution in [-0.2, 0) is 51.9 Å². The number of rotatable bonds is 26. The lowest BCUT2D eigenvalue weighted by atomic mass is 9.55. The molecule has 0 aliphatic carbocycles. The van der Waals surface area contributed by atoms with Crippen LogP contribution in [0.4, 0.5) is 0 Å². The minimum Gasteiger partial charge on any atom is -0.394 e. The Morgan fingerprint density at radius 2 is 1.40 bits per heavy atom. The lowest BCUT2D eigenvalue weighted by Crippen LogP contribution is -2.56. The highest BCUT2D eigenvalue weighted by Crippen LogP contribution is 2.63. The van der Waals surface area contributed by atoms with Crippen molar-refractivity contribution in [3.05, 3.63) is 63.9 Å². The Kier molecular flexibility index (Phi) is 19.6. The molecule has 0 radical (unpaired) electrons. The van der Waals surface area contributed by atoms with Gasteiger partial charge < -0.3 is 69.4 Å². The first-order valence-electron chi connectivity index (χ1n) is 30.6. The number of primary amides is 6. The summed E-state index contributed by atoms with van der Waals surface area (Å²) in [6, 6.07) is 2.70. The number of aliphatic imine (C=N–C) groups is 3. The highest BCUT2D eigenvalue weighted by Gasteiger charge is 2.66. The molecule has 90 heavy (non-hydrogen) atoms. The molecule has 2 saturated heterocycles. The van der Waals surface area contributed by atoms with E-state index in [1.165, 1.54) is 13.3 Å². The van der Waals surface area contributed by atoms with E-state index in [0.717, 1.165) is 11.1 Å². The lowest BCUT2D eigenvalue weighted by molar-refractivity contribution is -0.124. The molecule has 27 nitrogen and oxygen atoms in total. The molecular formula is C62H90N13O14P. The monoisotopic (exact) mass is 1270 g/mol. The van der Waals surface area contributed by atoms with Gasteiger partial charge in [-0.15, -0.1) is 0 Å². The van der Waals surface area contributed by atoms with E-state index < -0.39 is 143 Å². The van der Waals surface area contributed by atoms with Gasteiger partial charge in [0.2, 0.25) is 41.4 Å². The summed E-state index contributed by atoms with van der Waals surface area (Å²) in [5, 5.41) is 28.2. The Balaban J connectivity index is 1.19. The summed E-state index contributed by atoms with van der Waals surface area (Å²) in [6.07, 6.45) is -4.26. The third-order valence-corrected chi connectivity index (χ3v) is 21.7. The van der Waals surface area contributed by atoms with Crippen LogP contribution < -0.4 is 45.0 Å². The molecule has 1 aromatic carbocycles. The van der Waals surface area contributed by atoms with Crippen molar-refractivity contribution in [3.8, 4) is 0 Å². The number of aromatic nitrogens is 2. The molecule has 1 aromatic heterocycles. The Morgan fingerprint density at radius 3 is 1.99 bits per heavy atom. The van der Waals surface area contributed by atoms with Crippen molar-refractivity contribution in [3.63, 3.8) is 0 Å². The van der Waals surface area contributed by atoms with Crippen LogP contribution >= 0.6 is 7.82 Å². The van der Waals surface area contributed by atoms with Crippen LogP contribution in [0.2, 0.25) is 0 Å². The van der Waals surface area contributed by atoms with E-state index >= 15 is 0 Å². The summed E-state index contributed by atoms with van der Waals surface area (Å²) in [5.74, 6) is -7.18. The largest absolute Gasteiger partial charge is 0.472 e. The third kappa shape index (κ3) is 13.0. The van der Waals surface area contributed by atoms with Crippen LogP contribution in [0.3, 0.4) is 0 Å². The van der Waals surface area contributed by atoms with Gasteiger partial charge in [-0.3, -0.25) is 57.6 Å². The summed E-state index contributed by atoms with van der Waals surface area (Å²) >= 11 is 0. The number of allylic oxidation sites excluding steroid dienone is 6. The number of imidazole rings is 1. The quantitative estimate of drug-likeness (QED) is 0.0603. The summed E-state index contributed by atoms with van der Waals surface area (Å²) < 4.78 is 32.3. The maximum atomic E-state index is 14.4. The molecular weight excluding hydrogens is 1180 g/mol. The standard InChI is InChI=1S/C62H90N13O14P/c1-29-20-39-40(21-30(29)2)75(28-70-39)57-52(84)53(41(27-76)87-57)89-90(85,86)88-31(3)26-69-49(83)18-19-59(8)37(22-46(66)80)56-62(11)61(10,25-48(68)82)36(14-17-45(65)79)51(74-62)33(5)55-60(9,24-47(67)81)34(12-15-43(63)77)38(71-55)23-42-58(6,7)35(13-16-44(64)78)50(72-42)32(4)54(59)73-56/h20-21,23,28,31,34-37,41,52-53,56-57,71,76,84H,12-19,22,24-27H2,1-11H3,(H2,63,77)(H2,64,78)(H2,65,79)(H2,66,80)(H2,67,81)(H2,68,82)(H,69,83)(H,85,86)/b38-23?,50-32?,55-33-/t31-,34-,35-,36+,37+,41-,52+,53-,56-,57+,59-,60+,61+,62+/m1/s1. The first-order valence-corrected chi connectivity index (χ1v) is 32.1. The molecule has 8 bridgehead atoms. The second-order valence-electron chi connectivity index (χ2n) is 27.1. The molecule has 17 N–H and O–H groups in total. The number of fused-ring (bicyclic) bond motifs is 7. The van der Waals surface area contributed by atoms with Gasteiger partial charge in [0.05, 0.1) is 41.7 Å². The van der Waals surface area contributed by atoms with E-state index in [0.29, 0.717) is 56.4 Å². The number of phosphoric acid groups is 1.